The van der Waals surface area contributed by atoms with Crippen LogP contribution in [-0.4, -0.2) is 42.8 Å². The monoisotopic (exact) mass is 443 g/mol. The van der Waals surface area contributed by atoms with Gasteiger partial charge in [0.15, 0.2) is 21.5 Å². The van der Waals surface area contributed by atoms with Crippen LogP contribution in [0.1, 0.15) is 51.5 Å². The number of rotatable bonds is 6. The van der Waals surface area contributed by atoms with Gasteiger partial charge in [-0.1, -0.05) is 20.3 Å². The van der Waals surface area contributed by atoms with E-state index in [2.05, 4.69) is 6.92 Å². The van der Waals surface area contributed by atoms with E-state index in [-0.39, 0.29) is 34.4 Å². The van der Waals surface area contributed by atoms with Crippen LogP contribution in [0.3, 0.4) is 0 Å². The molecule has 1 aromatic rings. The SMILES string of the molecule is CC[C@H](Cc1cc(F)c(F)cc1F)[C@]1(C)C[C@H]2C[C@@H]3C[C@]3(C1)N2C(=O)CS(C)(=O)=O. The summed E-state index contributed by atoms with van der Waals surface area (Å²) in [5.74, 6) is -3.31. The number of fused-ring (bicyclic) bond motifs is 1. The highest BCUT2D eigenvalue weighted by Gasteiger charge is 2.71. The van der Waals surface area contributed by atoms with Gasteiger partial charge in [-0.15, -0.1) is 0 Å². The van der Waals surface area contributed by atoms with Gasteiger partial charge in [-0.05, 0) is 61.0 Å². The molecule has 3 fully saturated rings. The molecule has 0 radical (unpaired) electrons. The lowest BCUT2D eigenvalue weighted by atomic mass is 9.63. The summed E-state index contributed by atoms with van der Waals surface area (Å²) in [5, 5.41) is 0. The predicted octanol–water partition coefficient (Wildman–Crippen LogP) is 3.88. The Labute approximate surface area is 175 Å². The van der Waals surface area contributed by atoms with Crippen molar-refractivity contribution in [3.05, 3.63) is 35.1 Å². The quantitative estimate of drug-likeness (QED) is 0.627. The standard InChI is InChI=1S/C22H28F3NO3S/c1-4-14(5-13-6-18(24)19(25)8-17(13)23)21(2)10-16-7-15-9-22(15,12-21)26(16)20(27)11-30(3,28)29/h6,8,14-16H,4-5,7,9-12H2,1-3H3/t14-,15-,16-,21-,22-/m1/s1. The Balaban J connectivity index is 1.58. The average Bonchev–Trinajstić information content (AvgIpc) is 3.19. The molecule has 2 heterocycles. The van der Waals surface area contributed by atoms with Crippen molar-refractivity contribution >= 4 is 15.7 Å². The molecule has 0 N–H and O–H groups in total. The fraction of sp³-hybridized carbons (Fsp3) is 0.682. The molecule has 30 heavy (non-hydrogen) atoms. The first-order valence-electron chi connectivity index (χ1n) is 10.5. The van der Waals surface area contributed by atoms with E-state index in [1.807, 2.05) is 11.8 Å². The zero-order valence-electron chi connectivity index (χ0n) is 17.6. The number of amides is 1. The molecule has 0 unspecified atom stereocenters. The smallest absolute Gasteiger partial charge is 0.238 e. The van der Waals surface area contributed by atoms with Crippen molar-refractivity contribution in [1.82, 2.24) is 4.90 Å². The van der Waals surface area contributed by atoms with E-state index < -0.39 is 33.0 Å². The van der Waals surface area contributed by atoms with Crippen molar-refractivity contribution < 1.29 is 26.4 Å². The molecule has 2 bridgehead atoms. The van der Waals surface area contributed by atoms with Gasteiger partial charge in [0.05, 0.1) is 0 Å². The lowest BCUT2D eigenvalue weighted by Crippen LogP contribution is -2.56. The molecule has 166 valence electrons. The molecule has 1 spiro atoms. The lowest BCUT2D eigenvalue weighted by molar-refractivity contribution is -0.139. The van der Waals surface area contributed by atoms with Gasteiger partial charge < -0.3 is 4.90 Å². The zero-order chi connectivity index (χ0) is 22.1. The van der Waals surface area contributed by atoms with Gasteiger partial charge >= 0.3 is 0 Å². The number of halogens is 3. The summed E-state index contributed by atoms with van der Waals surface area (Å²) < 4.78 is 64.6. The van der Waals surface area contributed by atoms with Crippen LogP contribution in [0.2, 0.25) is 0 Å². The van der Waals surface area contributed by atoms with E-state index in [1.54, 1.807) is 0 Å². The van der Waals surface area contributed by atoms with Crippen molar-refractivity contribution in [2.45, 2.75) is 64.0 Å². The first kappa shape index (κ1) is 21.7. The van der Waals surface area contributed by atoms with Crippen molar-refractivity contribution in [2.75, 3.05) is 12.0 Å². The highest BCUT2D eigenvalue weighted by Crippen LogP contribution is 2.69. The van der Waals surface area contributed by atoms with Gasteiger partial charge in [-0.3, -0.25) is 4.79 Å². The van der Waals surface area contributed by atoms with Gasteiger partial charge in [-0.25, -0.2) is 21.6 Å². The van der Waals surface area contributed by atoms with E-state index in [1.165, 1.54) is 0 Å². The summed E-state index contributed by atoms with van der Waals surface area (Å²) in [6.07, 6.45) is 5.34. The van der Waals surface area contributed by atoms with Crippen molar-refractivity contribution in [1.29, 1.82) is 0 Å². The summed E-state index contributed by atoms with van der Waals surface area (Å²) in [6.45, 7) is 4.16. The fourth-order valence-electron chi connectivity index (χ4n) is 6.48. The van der Waals surface area contributed by atoms with Crippen LogP contribution in [-0.2, 0) is 21.1 Å². The van der Waals surface area contributed by atoms with Crippen LogP contribution in [0, 0.1) is 34.7 Å². The van der Waals surface area contributed by atoms with Crippen LogP contribution >= 0.6 is 0 Å². The van der Waals surface area contributed by atoms with Gasteiger partial charge in [0.25, 0.3) is 0 Å². The summed E-state index contributed by atoms with van der Waals surface area (Å²) in [6, 6.07) is 1.54. The average molecular weight is 444 g/mol. The van der Waals surface area contributed by atoms with Crippen molar-refractivity contribution in [3.63, 3.8) is 0 Å². The first-order chi connectivity index (χ1) is 13.9. The molecule has 4 nitrogen and oxygen atoms in total. The maximum absolute atomic E-state index is 14.3. The molecule has 3 aliphatic rings. The number of benzene rings is 1. The van der Waals surface area contributed by atoms with Crippen LogP contribution in [0.15, 0.2) is 12.1 Å². The minimum absolute atomic E-state index is 0.0133. The zero-order valence-corrected chi connectivity index (χ0v) is 18.4. The molecule has 0 aromatic heterocycles. The Morgan fingerprint density at radius 2 is 1.87 bits per heavy atom. The molecule has 1 saturated carbocycles. The number of sulfone groups is 1. The summed E-state index contributed by atoms with van der Waals surface area (Å²) in [5.41, 5.74) is -0.307. The number of piperidine rings is 2. The fourth-order valence-corrected chi connectivity index (χ4v) is 7.06. The maximum atomic E-state index is 14.3. The molecule has 1 amide bonds. The largest absolute Gasteiger partial charge is 0.333 e. The van der Waals surface area contributed by atoms with E-state index in [0.29, 0.717) is 24.8 Å². The molecular formula is C22H28F3NO3S. The van der Waals surface area contributed by atoms with Gasteiger partial charge in [0.2, 0.25) is 5.91 Å². The summed E-state index contributed by atoms with van der Waals surface area (Å²) >= 11 is 0. The Morgan fingerprint density at radius 3 is 2.47 bits per heavy atom. The lowest BCUT2D eigenvalue weighted by Gasteiger charge is -2.51. The van der Waals surface area contributed by atoms with Crippen LogP contribution in [0.4, 0.5) is 13.2 Å². The third-order valence-corrected chi connectivity index (χ3v) is 8.47. The molecule has 4 rings (SSSR count). The predicted molar refractivity (Wildman–Crippen MR) is 107 cm³/mol. The molecule has 8 heteroatoms. The minimum atomic E-state index is -3.40. The van der Waals surface area contributed by atoms with Crippen LogP contribution < -0.4 is 0 Å². The van der Waals surface area contributed by atoms with Crippen molar-refractivity contribution in [2.24, 2.45) is 17.3 Å². The van der Waals surface area contributed by atoms with E-state index in [4.69, 9.17) is 0 Å². The number of hydrogen-bond acceptors (Lipinski definition) is 3. The normalized spacial score (nSPS) is 33.3. The van der Waals surface area contributed by atoms with Gasteiger partial charge in [0.1, 0.15) is 11.6 Å². The molecule has 5 atom stereocenters. The second-order valence-electron chi connectivity index (χ2n) is 9.93. The molecule has 2 saturated heterocycles. The summed E-state index contributed by atoms with van der Waals surface area (Å²) in [7, 11) is -3.40. The highest BCUT2D eigenvalue weighted by atomic mass is 32.2. The number of nitrogens with zero attached hydrogens (tertiary/aromatic N) is 1. The number of carbonyl (C=O) groups excluding carboxylic acids is 1. The molecular weight excluding hydrogens is 415 g/mol. The number of hydrogen-bond donors (Lipinski definition) is 0. The second-order valence-corrected chi connectivity index (χ2v) is 12.1. The Hall–Kier alpha value is -1.57. The Kier molecular flexibility index (Phi) is 5.03. The first-order valence-corrected chi connectivity index (χ1v) is 12.6. The molecule has 2 aliphatic heterocycles. The van der Waals surface area contributed by atoms with Gasteiger partial charge in [0, 0.05) is 23.9 Å². The topological polar surface area (TPSA) is 54.5 Å². The third kappa shape index (κ3) is 3.55. The molecule has 1 aromatic carbocycles. The third-order valence-electron chi connectivity index (χ3n) is 7.70. The van der Waals surface area contributed by atoms with Gasteiger partial charge in [-0.2, -0.15) is 0 Å². The van der Waals surface area contributed by atoms with Crippen LogP contribution in [0.25, 0.3) is 0 Å². The minimum Gasteiger partial charge on any atom is -0.333 e. The van der Waals surface area contributed by atoms with E-state index in [9.17, 15) is 26.4 Å². The van der Waals surface area contributed by atoms with Crippen LogP contribution in [0.5, 0.6) is 0 Å². The Bertz CT molecular complexity index is 998. The number of carbonyl (C=O) groups is 1. The van der Waals surface area contributed by atoms with Crippen molar-refractivity contribution in [3.8, 4) is 0 Å². The second kappa shape index (κ2) is 6.97. The highest BCUT2D eigenvalue weighted by molar-refractivity contribution is 7.91. The van der Waals surface area contributed by atoms with E-state index in [0.717, 1.165) is 38.0 Å². The molecule has 1 aliphatic carbocycles. The maximum Gasteiger partial charge on any atom is 0.238 e. The van der Waals surface area contributed by atoms with E-state index >= 15 is 0 Å². The summed E-state index contributed by atoms with van der Waals surface area (Å²) in [4.78, 5) is 14.6. The Morgan fingerprint density at radius 1 is 1.20 bits per heavy atom.